The van der Waals surface area contributed by atoms with Crippen LogP contribution in [0.3, 0.4) is 0 Å². The predicted octanol–water partition coefficient (Wildman–Crippen LogP) is 1.90. The Bertz CT molecular complexity index is 93.3. The van der Waals surface area contributed by atoms with Crippen molar-refractivity contribution in [2.45, 2.75) is 38.3 Å². The Morgan fingerprint density at radius 2 is 2.20 bits per heavy atom. The third kappa shape index (κ3) is 2.25. The fourth-order valence-corrected chi connectivity index (χ4v) is 1.67. The van der Waals surface area contributed by atoms with E-state index in [1.807, 2.05) is 0 Å². The minimum absolute atomic E-state index is 0.220. The van der Waals surface area contributed by atoms with Gasteiger partial charge in [0.15, 0.2) is 0 Å². The number of alkyl halides is 1. The molecule has 1 saturated carbocycles. The monoisotopic (exact) mass is 146 g/mol. The third-order valence-corrected chi connectivity index (χ3v) is 2.26. The fourth-order valence-electron chi connectivity index (χ4n) is 1.67. The molecule has 0 aromatic rings. The molecule has 1 aliphatic rings. The zero-order chi connectivity index (χ0) is 7.40. The lowest BCUT2D eigenvalue weighted by Crippen LogP contribution is -2.16. The maximum absolute atomic E-state index is 12.7. The summed E-state index contributed by atoms with van der Waals surface area (Å²) in [6, 6.07) is 0. The summed E-state index contributed by atoms with van der Waals surface area (Å²) in [5.74, 6) is 0.453. The third-order valence-electron chi connectivity index (χ3n) is 2.26. The molecule has 2 atom stereocenters. The van der Waals surface area contributed by atoms with Crippen molar-refractivity contribution in [1.82, 2.24) is 0 Å². The lowest BCUT2D eigenvalue weighted by molar-refractivity contribution is 0.166. The van der Waals surface area contributed by atoms with Gasteiger partial charge in [0.1, 0.15) is 6.17 Å². The summed E-state index contributed by atoms with van der Waals surface area (Å²) in [4.78, 5) is 0. The normalized spacial score (nSPS) is 34.2. The largest absolute Gasteiger partial charge is 0.396 e. The number of halogens is 1. The van der Waals surface area contributed by atoms with Crippen LogP contribution in [0, 0.1) is 5.92 Å². The molecule has 0 amide bonds. The molecule has 0 heterocycles. The molecular weight excluding hydrogens is 131 g/mol. The van der Waals surface area contributed by atoms with Gasteiger partial charge in [0.2, 0.25) is 0 Å². The first-order chi connectivity index (χ1) is 4.83. The second-order valence-electron chi connectivity index (χ2n) is 3.14. The van der Waals surface area contributed by atoms with Gasteiger partial charge in [-0.25, -0.2) is 4.39 Å². The van der Waals surface area contributed by atoms with Crippen molar-refractivity contribution in [3.05, 3.63) is 0 Å². The van der Waals surface area contributed by atoms with E-state index in [-0.39, 0.29) is 6.61 Å². The Kier molecular flexibility index (Phi) is 3.13. The average molecular weight is 146 g/mol. The molecule has 1 N–H and O–H groups in total. The SMILES string of the molecule is OCCC1CCCC(F)C1. The van der Waals surface area contributed by atoms with Crippen molar-refractivity contribution in [1.29, 1.82) is 0 Å². The minimum Gasteiger partial charge on any atom is -0.396 e. The molecule has 1 nitrogen and oxygen atoms in total. The average Bonchev–Trinajstić information content (AvgIpc) is 1.88. The van der Waals surface area contributed by atoms with Crippen LogP contribution in [-0.4, -0.2) is 17.9 Å². The lowest BCUT2D eigenvalue weighted by Gasteiger charge is -2.23. The van der Waals surface area contributed by atoms with Crippen LogP contribution >= 0.6 is 0 Å². The number of hydrogen-bond acceptors (Lipinski definition) is 1. The first-order valence-corrected chi connectivity index (χ1v) is 4.08. The van der Waals surface area contributed by atoms with E-state index in [2.05, 4.69) is 0 Å². The second kappa shape index (κ2) is 3.91. The molecule has 0 aromatic heterocycles. The van der Waals surface area contributed by atoms with Gasteiger partial charge in [-0.3, -0.25) is 0 Å². The van der Waals surface area contributed by atoms with Gasteiger partial charge in [0.25, 0.3) is 0 Å². The highest BCUT2D eigenvalue weighted by Crippen LogP contribution is 2.28. The Labute approximate surface area is 61.2 Å². The van der Waals surface area contributed by atoms with Crippen LogP contribution in [0.15, 0.2) is 0 Å². The molecule has 10 heavy (non-hydrogen) atoms. The topological polar surface area (TPSA) is 20.2 Å². The van der Waals surface area contributed by atoms with E-state index in [9.17, 15) is 4.39 Å². The van der Waals surface area contributed by atoms with Gasteiger partial charge in [-0.15, -0.1) is 0 Å². The number of aliphatic hydroxyl groups is 1. The van der Waals surface area contributed by atoms with Crippen LogP contribution in [0.5, 0.6) is 0 Å². The first-order valence-electron chi connectivity index (χ1n) is 4.08. The number of rotatable bonds is 2. The summed E-state index contributed by atoms with van der Waals surface area (Å²) in [7, 11) is 0. The van der Waals surface area contributed by atoms with E-state index in [1.165, 1.54) is 0 Å². The van der Waals surface area contributed by atoms with Gasteiger partial charge >= 0.3 is 0 Å². The Morgan fingerprint density at radius 3 is 2.80 bits per heavy atom. The van der Waals surface area contributed by atoms with Gasteiger partial charge in [-0.2, -0.15) is 0 Å². The highest BCUT2D eigenvalue weighted by Gasteiger charge is 2.20. The van der Waals surface area contributed by atoms with Gasteiger partial charge in [-0.05, 0) is 25.2 Å². The van der Waals surface area contributed by atoms with Gasteiger partial charge in [-0.1, -0.05) is 12.8 Å². The van der Waals surface area contributed by atoms with E-state index >= 15 is 0 Å². The fraction of sp³-hybridized carbons (Fsp3) is 1.00. The molecule has 1 aliphatic carbocycles. The van der Waals surface area contributed by atoms with Crippen LogP contribution < -0.4 is 0 Å². The quantitative estimate of drug-likeness (QED) is 0.630. The summed E-state index contributed by atoms with van der Waals surface area (Å²) >= 11 is 0. The van der Waals surface area contributed by atoms with Gasteiger partial charge in [0, 0.05) is 6.61 Å². The number of aliphatic hydroxyl groups excluding tert-OH is 1. The van der Waals surface area contributed by atoms with Gasteiger partial charge in [0.05, 0.1) is 0 Å². The van der Waals surface area contributed by atoms with Crippen molar-refractivity contribution in [3.63, 3.8) is 0 Å². The molecule has 2 unspecified atom stereocenters. The molecule has 1 fully saturated rings. The molecule has 2 heteroatoms. The lowest BCUT2D eigenvalue weighted by atomic mass is 9.86. The Morgan fingerprint density at radius 1 is 1.40 bits per heavy atom. The minimum atomic E-state index is -0.592. The Hall–Kier alpha value is -0.110. The maximum Gasteiger partial charge on any atom is 0.100 e. The summed E-state index contributed by atoms with van der Waals surface area (Å²) < 4.78 is 12.7. The van der Waals surface area contributed by atoms with Crippen molar-refractivity contribution in [3.8, 4) is 0 Å². The molecular formula is C8H15FO. The summed E-state index contributed by atoms with van der Waals surface area (Å²) in [6.45, 7) is 0.220. The van der Waals surface area contributed by atoms with E-state index in [4.69, 9.17) is 5.11 Å². The molecule has 0 spiro atoms. The van der Waals surface area contributed by atoms with Crippen molar-refractivity contribution in [2.75, 3.05) is 6.61 Å². The van der Waals surface area contributed by atoms with Crippen molar-refractivity contribution >= 4 is 0 Å². The highest BCUT2D eigenvalue weighted by molar-refractivity contribution is 4.71. The van der Waals surface area contributed by atoms with Crippen LogP contribution in [0.2, 0.25) is 0 Å². The molecule has 60 valence electrons. The number of hydrogen-bond donors (Lipinski definition) is 1. The van der Waals surface area contributed by atoms with Gasteiger partial charge < -0.3 is 5.11 Å². The van der Waals surface area contributed by atoms with Crippen molar-refractivity contribution in [2.24, 2.45) is 5.92 Å². The molecule has 0 aromatic carbocycles. The van der Waals surface area contributed by atoms with Crippen LogP contribution in [0.4, 0.5) is 4.39 Å². The smallest absolute Gasteiger partial charge is 0.100 e. The van der Waals surface area contributed by atoms with Crippen LogP contribution in [-0.2, 0) is 0 Å². The highest BCUT2D eigenvalue weighted by atomic mass is 19.1. The van der Waals surface area contributed by atoms with E-state index in [1.54, 1.807) is 0 Å². The zero-order valence-corrected chi connectivity index (χ0v) is 6.22. The molecule has 0 radical (unpaired) electrons. The summed E-state index contributed by atoms with van der Waals surface area (Å²) in [5.41, 5.74) is 0. The van der Waals surface area contributed by atoms with Crippen LogP contribution in [0.1, 0.15) is 32.1 Å². The maximum atomic E-state index is 12.7. The van der Waals surface area contributed by atoms with E-state index < -0.39 is 6.17 Å². The summed E-state index contributed by atoms with van der Waals surface area (Å²) in [6.07, 6.45) is 3.74. The molecule has 1 rings (SSSR count). The van der Waals surface area contributed by atoms with E-state index in [0.717, 1.165) is 25.7 Å². The van der Waals surface area contributed by atoms with E-state index in [0.29, 0.717) is 12.3 Å². The first kappa shape index (κ1) is 7.99. The molecule has 0 saturated heterocycles. The van der Waals surface area contributed by atoms with Crippen LogP contribution in [0.25, 0.3) is 0 Å². The zero-order valence-electron chi connectivity index (χ0n) is 6.22. The molecule has 0 aliphatic heterocycles. The van der Waals surface area contributed by atoms with Crippen molar-refractivity contribution < 1.29 is 9.50 Å². The summed E-state index contributed by atoms with van der Waals surface area (Å²) in [5, 5.41) is 8.58. The molecule has 0 bridgehead atoms. The second-order valence-corrected chi connectivity index (χ2v) is 3.14. The predicted molar refractivity (Wildman–Crippen MR) is 38.6 cm³/mol. The Balaban J connectivity index is 2.18. The standard InChI is InChI=1S/C8H15FO/c9-8-3-1-2-7(6-8)4-5-10/h7-8,10H,1-6H2.